The summed E-state index contributed by atoms with van der Waals surface area (Å²) in [6, 6.07) is 0. The average Bonchev–Trinajstić information content (AvgIpc) is 2.52. The summed E-state index contributed by atoms with van der Waals surface area (Å²) in [5.41, 5.74) is 0. The molecule has 0 spiro atoms. The van der Waals surface area contributed by atoms with Crippen LogP contribution in [0.25, 0.3) is 0 Å². The molecule has 0 aliphatic rings. The monoisotopic (exact) mass is 364 g/mol. The van der Waals surface area contributed by atoms with Crippen LogP contribution in [0.15, 0.2) is 25.3 Å². The zero-order valence-corrected chi connectivity index (χ0v) is 15.2. The van der Waals surface area contributed by atoms with Crippen LogP contribution in [0.1, 0.15) is 58.3 Å². The molecule has 0 atom stereocenters. The number of phosphoric acid groups is 1. The molecule has 0 aliphatic heterocycles. The predicted molar refractivity (Wildman–Crippen MR) is 92.1 cm³/mol. The third kappa shape index (κ3) is 23.0. The van der Waals surface area contributed by atoms with Crippen LogP contribution in [0.2, 0.25) is 0 Å². The highest BCUT2D eigenvalue weighted by atomic mass is 31.2. The molecule has 0 radical (unpaired) electrons. The minimum atomic E-state index is -4.24. The number of hydrogen-bond acceptors (Lipinski definition) is 5. The Morgan fingerprint density at radius 2 is 1.33 bits per heavy atom. The minimum absolute atomic E-state index is 0.166. The highest BCUT2D eigenvalue weighted by Crippen LogP contribution is 2.35. The lowest BCUT2D eigenvalue weighted by Crippen LogP contribution is -2.05. The Hall–Kier alpha value is -1.27. The molecular formula is C16H29O7P. The molecule has 0 heterocycles. The van der Waals surface area contributed by atoms with Crippen LogP contribution in [0.4, 0.5) is 0 Å². The average molecular weight is 364 g/mol. The van der Waals surface area contributed by atoms with Gasteiger partial charge < -0.3 is 14.5 Å². The first kappa shape index (κ1) is 25.0. The Morgan fingerprint density at radius 3 is 1.71 bits per heavy atom. The molecule has 0 bridgehead atoms. The van der Waals surface area contributed by atoms with E-state index in [9.17, 15) is 14.2 Å². The van der Waals surface area contributed by atoms with Gasteiger partial charge in [0.1, 0.15) is 0 Å². The molecule has 0 aliphatic carbocycles. The highest BCUT2D eigenvalue weighted by Gasteiger charge is 2.12. The molecule has 0 aromatic rings. The minimum Gasteiger partial charge on any atom is -0.387 e. The van der Waals surface area contributed by atoms with Crippen LogP contribution >= 0.6 is 7.82 Å². The first-order valence-corrected chi connectivity index (χ1v) is 9.50. The van der Waals surface area contributed by atoms with E-state index < -0.39 is 19.8 Å². The second-order valence-corrected chi connectivity index (χ2v) is 6.19. The van der Waals surface area contributed by atoms with Crippen LogP contribution in [-0.2, 0) is 23.4 Å². The van der Waals surface area contributed by atoms with Crippen LogP contribution in [0, 0.1) is 0 Å². The van der Waals surface area contributed by atoms with E-state index in [0.717, 1.165) is 31.4 Å². The number of carbonyl (C=O) groups is 2. The highest BCUT2D eigenvalue weighted by molar-refractivity contribution is 7.46. The van der Waals surface area contributed by atoms with Crippen LogP contribution in [-0.4, -0.2) is 28.3 Å². The van der Waals surface area contributed by atoms with Gasteiger partial charge in [0, 0.05) is 12.2 Å². The fourth-order valence-electron chi connectivity index (χ4n) is 1.60. The van der Waals surface area contributed by atoms with Gasteiger partial charge in [-0.3, -0.25) is 4.52 Å². The lowest BCUT2D eigenvalue weighted by atomic mass is 10.1. The molecule has 0 aromatic carbocycles. The predicted octanol–water partition coefficient (Wildman–Crippen LogP) is 3.66. The summed E-state index contributed by atoms with van der Waals surface area (Å²) in [5, 5.41) is 0. The van der Waals surface area contributed by atoms with Gasteiger partial charge in [-0.1, -0.05) is 65.0 Å². The Labute approximate surface area is 144 Å². The summed E-state index contributed by atoms with van der Waals surface area (Å²) in [6.45, 7) is 8.53. The van der Waals surface area contributed by atoms with E-state index in [1.165, 1.54) is 32.1 Å². The standard InChI is InChI=1S/C10H23O4P.C6H6O3/c1-2-3-4-5-6-7-8-9-10-14-15(11,12)13;1-3-5(7)9-6(8)4-2/h2-10H2,1H3,(H2,11,12,13);3-4H,1-2H2. The Kier molecular flexibility index (Phi) is 17.3. The normalized spacial score (nSPS) is 10.3. The van der Waals surface area contributed by atoms with Crippen molar-refractivity contribution in [2.24, 2.45) is 0 Å². The van der Waals surface area contributed by atoms with Crippen molar-refractivity contribution in [3.8, 4) is 0 Å². The molecule has 0 aromatic heterocycles. The molecule has 7 nitrogen and oxygen atoms in total. The number of phosphoric ester groups is 1. The van der Waals surface area contributed by atoms with Gasteiger partial charge in [-0.05, 0) is 6.42 Å². The lowest BCUT2D eigenvalue weighted by molar-refractivity contribution is -0.152. The quantitative estimate of drug-likeness (QED) is 0.179. The third-order valence-corrected chi connectivity index (χ3v) is 3.31. The molecule has 0 rings (SSSR count). The molecule has 0 saturated carbocycles. The van der Waals surface area contributed by atoms with Crippen molar-refractivity contribution >= 4 is 19.8 Å². The number of hydrogen-bond donors (Lipinski definition) is 2. The van der Waals surface area contributed by atoms with E-state index in [2.05, 4.69) is 29.3 Å². The molecule has 0 saturated heterocycles. The van der Waals surface area contributed by atoms with Crippen molar-refractivity contribution in [2.75, 3.05) is 6.61 Å². The topological polar surface area (TPSA) is 110 Å². The van der Waals surface area contributed by atoms with Crippen LogP contribution < -0.4 is 0 Å². The zero-order chi connectivity index (χ0) is 18.8. The Morgan fingerprint density at radius 1 is 0.917 bits per heavy atom. The first-order valence-electron chi connectivity index (χ1n) is 7.97. The summed E-state index contributed by atoms with van der Waals surface area (Å²) in [5.74, 6) is -1.53. The maximum Gasteiger partial charge on any atom is 0.469 e. The fourth-order valence-corrected chi connectivity index (χ4v) is 1.97. The molecule has 8 heteroatoms. The molecule has 24 heavy (non-hydrogen) atoms. The van der Waals surface area contributed by atoms with Gasteiger partial charge in [0.2, 0.25) is 0 Å². The number of carbonyl (C=O) groups excluding carboxylic acids is 2. The van der Waals surface area contributed by atoms with Crippen LogP contribution in [0.3, 0.4) is 0 Å². The van der Waals surface area contributed by atoms with Gasteiger partial charge in [0.15, 0.2) is 0 Å². The van der Waals surface area contributed by atoms with Gasteiger partial charge in [-0.2, -0.15) is 0 Å². The van der Waals surface area contributed by atoms with E-state index in [-0.39, 0.29) is 6.61 Å². The van der Waals surface area contributed by atoms with Gasteiger partial charge in [-0.25, -0.2) is 14.2 Å². The number of esters is 2. The Bertz CT molecular complexity index is 397. The van der Waals surface area contributed by atoms with Crippen molar-refractivity contribution in [3.05, 3.63) is 25.3 Å². The van der Waals surface area contributed by atoms with E-state index in [4.69, 9.17) is 9.79 Å². The summed E-state index contributed by atoms with van der Waals surface area (Å²) in [4.78, 5) is 37.2. The molecule has 140 valence electrons. The smallest absolute Gasteiger partial charge is 0.387 e. The Balaban J connectivity index is 0. The second kappa shape index (κ2) is 16.6. The van der Waals surface area contributed by atoms with Crippen molar-refractivity contribution in [3.63, 3.8) is 0 Å². The maximum atomic E-state index is 10.3. The van der Waals surface area contributed by atoms with Gasteiger partial charge in [-0.15, -0.1) is 0 Å². The molecule has 0 unspecified atom stereocenters. The van der Waals surface area contributed by atoms with E-state index >= 15 is 0 Å². The van der Waals surface area contributed by atoms with Gasteiger partial charge >= 0.3 is 19.8 Å². The maximum absolute atomic E-state index is 10.3. The summed E-state index contributed by atoms with van der Waals surface area (Å²) in [6.07, 6.45) is 11.0. The lowest BCUT2D eigenvalue weighted by Gasteiger charge is -2.04. The fraction of sp³-hybridized carbons (Fsp3) is 0.625. The summed E-state index contributed by atoms with van der Waals surface area (Å²) in [7, 11) is -4.24. The largest absolute Gasteiger partial charge is 0.469 e. The molecular weight excluding hydrogens is 335 g/mol. The van der Waals surface area contributed by atoms with Crippen molar-refractivity contribution in [2.45, 2.75) is 58.3 Å². The molecule has 2 N–H and O–H groups in total. The van der Waals surface area contributed by atoms with Crippen molar-refractivity contribution in [1.29, 1.82) is 0 Å². The zero-order valence-electron chi connectivity index (χ0n) is 14.3. The SMILES string of the molecule is C=CC(=O)OC(=O)C=C.CCCCCCCCCCOP(=O)(O)O. The second-order valence-electron chi connectivity index (χ2n) is 4.95. The number of rotatable bonds is 12. The van der Waals surface area contributed by atoms with E-state index in [1.807, 2.05) is 0 Å². The van der Waals surface area contributed by atoms with Gasteiger partial charge in [0.25, 0.3) is 0 Å². The number of ether oxygens (including phenoxy) is 1. The first-order chi connectivity index (χ1) is 11.3. The van der Waals surface area contributed by atoms with Gasteiger partial charge in [0.05, 0.1) is 6.61 Å². The van der Waals surface area contributed by atoms with Crippen molar-refractivity contribution in [1.82, 2.24) is 0 Å². The number of unbranched alkanes of at least 4 members (excludes halogenated alkanes) is 7. The molecule has 0 fully saturated rings. The van der Waals surface area contributed by atoms with E-state index in [0.29, 0.717) is 0 Å². The summed E-state index contributed by atoms with van der Waals surface area (Å²) >= 11 is 0. The summed E-state index contributed by atoms with van der Waals surface area (Å²) < 4.78 is 18.7. The molecule has 0 amide bonds. The van der Waals surface area contributed by atoms with Crippen molar-refractivity contribution < 1.29 is 33.2 Å². The third-order valence-electron chi connectivity index (χ3n) is 2.79. The van der Waals surface area contributed by atoms with Crippen LogP contribution in [0.5, 0.6) is 0 Å². The van der Waals surface area contributed by atoms with E-state index in [1.54, 1.807) is 0 Å².